The molecule has 4 rings (SSSR count). The Bertz CT molecular complexity index is 793. The van der Waals surface area contributed by atoms with Crippen molar-refractivity contribution in [2.45, 2.75) is 70.6 Å². The summed E-state index contributed by atoms with van der Waals surface area (Å²) in [6.45, 7) is 7.11. The Morgan fingerprint density at radius 2 is 1.81 bits per heavy atom. The van der Waals surface area contributed by atoms with Crippen LogP contribution in [-0.4, -0.2) is 41.3 Å². The van der Waals surface area contributed by atoms with Crippen molar-refractivity contribution in [3.05, 3.63) is 34.3 Å². The highest BCUT2D eigenvalue weighted by Crippen LogP contribution is 2.31. The number of hydrogen-bond donors (Lipinski definition) is 0. The highest BCUT2D eigenvalue weighted by Gasteiger charge is 2.30. The normalized spacial score (nSPS) is 25.8. The van der Waals surface area contributed by atoms with Gasteiger partial charge in [0.2, 0.25) is 0 Å². The minimum Gasteiger partial charge on any atom is -0.408 e. The number of aromatic nitrogens is 1. The first kappa shape index (κ1) is 17.8. The van der Waals surface area contributed by atoms with E-state index in [0.29, 0.717) is 17.7 Å². The topological polar surface area (TPSA) is 47.6 Å². The van der Waals surface area contributed by atoms with Crippen molar-refractivity contribution < 1.29 is 9.15 Å². The van der Waals surface area contributed by atoms with Gasteiger partial charge in [-0.2, -0.15) is 0 Å². The summed E-state index contributed by atoms with van der Waals surface area (Å²) < 4.78 is 13.1. The molecular formula is C21H30N2O3. The zero-order chi connectivity index (χ0) is 18.1. The summed E-state index contributed by atoms with van der Waals surface area (Å²) in [6, 6.07) is 6.92. The van der Waals surface area contributed by atoms with E-state index in [1.807, 2.05) is 16.7 Å². The van der Waals surface area contributed by atoms with Crippen molar-refractivity contribution in [3.8, 4) is 0 Å². The van der Waals surface area contributed by atoms with E-state index in [-0.39, 0.29) is 11.8 Å². The fraction of sp³-hybridized carbons (Fsp3) is 0.667. The summed E-state index contributed by atoms with van der Waals surface area (Å²) >= 11 is 0. The van der Waals surface area contributed by atoms with Crippen LogP contribution in [0, 0.1) is 6.92 Å². The molecule has 0 radical (unpaired) electrons. The Morgan fingerprint density at radius 1 is 1.08 bits per heavy atom. The molecule has 2 aliphatic rings. The molecule has 142 valence electrons. The summed E-state index contributed by atoms with van der Waals surface area (Å²) in [6.07, 6.45) is 7.36. The van der Waals surface area contributed by atoms with Gasteiger partial charge in [-0.1, -0.05) is 6.07 Å². The fourth-order valence-electron chi connectivity index (χ4n) is 4.81. The van der Waals surface area contributed by atoms with Gasteiger partial charge in [0.05, 0.1) is 11.6 Å². The zero-order valence-corrected chi connectivity index (χ0v) is 15.9. The fourth-order valence-corrected chi connectivity index (χ4v) is 4.81. The smallest absolute Gasteiger partial charge is 0.408 e. The van der Waals surface area contributed by atoms with Crippen LogP contribution in [-0.2, 0) is 4.74 Å². The summed E-state index contributed by atoms with van der Waals surface area (Å²) in [5, 5.41) is 0. The molecule has 2 fully saturated rings. The van der Waals surface area contributed by atoms with E-state index in [0.717, 1.165) is 43.6 Å². The second-order valence-electron chi connectivity index (χ2n) is 7.86. The van der Waals surface area contributed by atoms with Crippen molar-refractivity contribution >= 4 is 11.1 Å². The molecular weight excluding hydrogens is 328 g/mol. The third-order valence-corrected chi connectivity index (χ3v) is 6.19. The predicted octanol–water partition coefficient (Wildman–Crippen LogP) is 3.89. The molecule has 0 N–H and O–H groups in total. The Morgan fingerprint density at radius 3 is 2.50 bits per heavy atom. The highest BCUT2D eigenvalue weighted by atomic mass is 16.5. The standard InChI is InChI=1S/C21H30N2O3/c1-3-25-18-7-5-16(6-8-18)22-12-10-17(11-13-22)23-19-14-15(2)4-9-20(19)26-21(23)24/h4,9,14,16-18H,3,5-8,10-13H2,1-2H3. The van der Waals surface area contributed by atoms with Crippen molar-refractivity contribution in [2.24, 2.45) is 0 Å². The molecule has 1 saturated heterocycles. The van der Waals surface area contributed by atoms with Crippen LogP contribution in [0.5, 0.6) is 0 Å². The van der Waals surface area contributed by atoms with Gasteiger partial charge in [-0.05, 0) is 70.1 Å². The van der Waals surface area contributed by atoms with Crippen LogP contribution in [0.15, 0.2) is 27.4 Å². The second-order valence-corrected chi connectivity index (χ2v) is 7.86. The van der Waals surface area contributed by atoms with Crippen LogP contribution < -0.4 is 5.76 Å². The van der Waals surface area contributed by atoms with E-state index in [9.17, 15) is 4.79 Å². The van der Waals surface area contributed by atoms with E-state index in [1.54, 1.807) is 0 Å². The van der Waals surface area contributed by atoms with Gasteiger partial charge in [-0.15, -0.1) is 0 Å². The number of aryl methyl sites for hydroxylation is 1. The summed E-state index contributed by atoms with van der Waals surface area (Å²) in [5.41, 5.74) is 2.82. The average Bonchev–Trinajstić information content (AvgIpc) is 2.98. The monoisotopic (exact) mass is 358 g/mol. The second kappa shape index (κ2) is 7.57. The van der Waals surface area contributed by atoms with Crippen LogP contribution >= 0.6 is 0 Å². The number of hydrogen-bond acceptors (Lipinski definition) is 4. The van der Waals surface area contributed by atoms with E-state index in [2.05, 4.69) is 24.8 Å². The van der Waals surface area contributed by atoms with Crippen molar-refractivity contribution in [2.75, 3.05) is 19.7 Å². The first-order chi connectivity index (χ1) is 12.7. The number of benzene rings is 1. The zero-order valence-electron chi connectivity index (χ0n) is 15.9. The number of fused-ring (bicyclic) bond motifs is 1. The lowest BCUT2D eigenvalue weighted by Gasteiger charge is -2.40. The molecule has 5 heteroatoms. The Balaban J connectivity index is 1.41. The molecule has 1 saturated carbocycles. The maximum atomic E-state index is 12.4. The Kier molecular flexibility index (Phi) is 5.18. The number of ether oxygens (including phenoxy) is 1. The number of piperidine rings is 1. The first-order valence-corrected chi connectivity index (χ1v) is 10.1. The van der Waals surface area contributed by atoms with Gasteiger partial charge in [0, 0.05) is 31.8 Å². The Hall–Kier alpha value is -1.59. The molecule has 0 spiro atoms. The maximum absolute atomic E-state index is 12.4. The molecule has 0 bridgehead atoms. The summed E-state index contributed by atoms with van der Waals surface area (Å²) in [7, 11) is 0. The maximum Gasteiger partial charge on any atom is 0.420 e. The van der Waals surface area contributed by atoms with E-state index in [4.69, 9.17) is 9.15 Å². The van der Waals surface area contributed by atoms with Crippen molar-refractivity contribution in [1.82, 2.24) is 9.47 Å². The first-order valence-electron chi connectivity index (χ1n) is 10.1. The molecule has 1 aromatic carbocycles. The van der Waals surface area contributed by atoms with Gasteiger partial charge in [0.1, 0.15) is 0 Å². The quantitative estimate of drug-likeness (QED) is 0.832. The van der Waals surface area contributed by atoms with E-state index < -0.39 is 0 Å². The third-order valence-electron chi connectivity index (χ3n) is 6.19. The van der Waals surface area contributed by atoms with Gasteiger partial charge in [0.15, 0.2) is 5.58 Å². The minimum absolute atomic E-state index is 0.207. The largest absolute Gasteiger partial charge is 0.420 e. The number of oxazole rings is 1. The van der Waals surface area contributed by atoms with Crippen LogP contribution in [0.4, 0.5) is 0 Å². The van der Waals surface area contributed by atoms with Crippen molar-refractivity contribution in [3.63, 3.8) is 0 Å². The van der Waals surface area contributed by atoms with Crippen LogP contribution in [0.3, 0.4) is 0 Å². The average molecular weight is 358 g/mol. The Labute approximate surface area is 154 Å². The van der Waals surface area contributed by atoms with Gasteiger partial charge >= 0.3 is 5.76 Å². The van der Waals surface area contributed by atoms with E-state index in [1.165, 1.54) is 25.7 Å². The van der Waals surface area contributed by atoms with Gasteiger partial charge < -0.3 is 14.1 Å². The molecule has 26 heavy (non-hydrogen) atoms. The van der Waals surface area contributed by atoms with Gasteiger partial charge in [0.25, 0.3) is 0 Å². The summed E-state index contributed by atoms with van der Waals surface area (Å²) in [5.74, 6) is -0.207. The van der Waals surface area contributed by atoms with Crippen LogP contribution in [0.2, 0.25) is 0 Å². The van der Waals surface area contributed by atoms with Crippen molar-refractivity contribution in [1.29, 1.82) is 0 Å². The molecule has 1 aliphatic heterocycles. The van der Waals surface area contributed by atoms with Crippen LogP contribution in [0.25, 0.3) is 11.1 Å². The molecule has 1 aliphatic carbocycles. The molecule has 1 aromatic heterocycles. The summed E-state index contributed by atoms with van der Waals surface area (Å²) in [4.78, 5) is 15.0. The highest BCUT2D eigenvalue weighted by molar-refractivity contribution is 5.73. The third kappa shape index (κ3) is 3.47. The SMILES string of the molecule is CCOC1CCC(N2CCC(n3c(=O)oc4ccc(C)cc43)CC2)CC1. The molecule has 2 aromatic rings. The lowest BCUT2D eigenvalue weighted by Crippen LogP contribution is -2.45. The number of rotatable bonds is 4. The molecule has 0 atom stereocenters. The predicted molar refractivity (Wildman–Crippen MR) is 103 cm³/mol. The lowest BCUT2D eigenvalue weighted by molar-refractivity contribution is 0.00787. The molecule has 5 nitrogen and oxygen atoms in total. The molecule has 0 amide bonds. The molecule has 2 heterocycles. The molecule has 0 unspecified atom stereocenters. The van der Waals surface area contributed by atoms with Gasteiger partial charge in [-0.25, -0.2) is 4.79 Å². The lowest BCUT2D eigenvalue weighted by atomic mass is 9.90. The van der Waals surface area contributed by atoms with E-state index >= 15 is 0 Å². The number of likely N-dealkylation sites (tertiary alicyclic amines) is 1. The van der Waals surface area contributed by atoms with Crippen LogP contribution in [0.1, 0.15) is 57.1 Å². The minimum atomic E-state index is -0.207. The van der Waals surface area contributed by atoms with Gasteiger partial charge in [-0.3, -0.25) is 4.57 Å². The number of nitrogens with zero attached hydrogens (tertiary/aromatic N) is 2.